The Morgan fingerprint density at radius 3 is 2.00 bits per heavy atom. The van der Waals surface area contributed by atoms with Crippen LogP contribution in [0.2, 0.25) is 0 Å². The maximum absolute atomic E-state index is 9.36. The number of hydrogen-bond acceptors (Lipinski definition) is 11. The molecule has 12 nitrogen and oxygen atoms in total. The number of aromatic nitrogens is 3. The molecule has 1 aromatic heterocycles. The lowest BCUT2D eigenvalue weighted by Crippen LogP contribution is -2.39. The summed E-state index contributed by atoms with van der Waals surface area (Å²) in [6, 6.07) is 28.3. The Morgan fingerprint density at radius 2 is 1.47 bits per heavy atom. The highest BCUT2D eigenvalue weighted by molar-refractivity contribution is 7.44. The Morgan fingerprint density at radius 1 is 0.895 bits per heavy atom. The number of methoxy groups -OCH3 is 2. The number of hydrogen-bond donors (Lipinski definition) is 0. The van der Waals surface area contributed by atoms with Crippen molar-refractivity contribution in [2.75, 3.05) is 40.5 Å². The lowest BCUT2D eigenvalue weighted by Gasteiger charge is -2.39. The SMILES string of the molecule is C#CCN(CC#C)Cc1cn([C@H]2CC(OP(OCCC#N)N(C(C)C)C(C)C)[C@@H](COC(c3ccccc3)(c3ccc(OC)cc3)c3ccc(OC)cc3)O2)nn1. The van der Waals surface area contributed by atoms with Crippen LogP contribution in [-0.2, 0) is 30.7 Å². The van der Waals surface area contributed by atoms with Crippen LogP contribution in [0.25, 0.3) is 0 Å². The van der Waals surface area contributed by atoms with Gasteiger partial charge in [0.15, 0.2) is 6.23 Å². The Bertz CT molecular complexity index is 1880. The zero-order valence-corrected chi connectivity index (χ0v) is 34.5. The number of ether oxygens (including phenoxy) is 4. The number of rotatable bonds is 21. The summed E-state index contributed by atoms with van der Waals surface area (Å²) in [5.41, 5.74) is 2.33. The van der Waals surface area contributed by atoms with Crippen molar-refractivity contribution in [3.05, 3.63) is 107 Å². The summed E-state index contributed by atoms with van der Waals surface area (Å²) in [6.45, 7) is 10.0. The van der Waals surface area contributed by atoms with E-state index in [0.717, 1.165) is 28.2 Å². The third kappa shape index (κ3) is 10.8. The van der Waals surface area contributed by atoms with Crippen LogP contribution >= 0.6 is 8.53 Å². The van der Waals surface area contributed by atoms with Crippen molar-refractivity contribution in [2.45, 2.75) is 83.2 Å². The van der Waals surface area contributed by atoms with Gasteiger partial charge in [-0.1, -0.05) is 71.7 Å². The molecule has 0 N–H and O–H groups in total. The molecule has 2 heterocycles. The average Bonchev–Trinajstić information content (AvgIpc) is 3.86. The van der Waals surface area contributed by atoms with Crippen molar-refractivity contribution < 1.29 is 28.0 Å². The lowest BCUT2D eigenvalue weighted by atomic mass is 9.80. The van der Waals surface area contributed by atoms with Gasteiger partial charge in [-0.15, -0.1) is 17.9 Å². The van der Waals surface area contributed by atoms with Crippen LogP contribution in [-0.4, -0.2) is 89.4 Å². The van der Waals surface area contributed by atoms with Crippen LogP contribution < -0.4 is 9.47 Å². The second kappa shape index (κ2) is 21.1. The summed E-state index contributed by atoms with van der Waals surface area (Å²) in [6.07, 6.45) is 12.1. The van der Waals surface area contributed by atoms with Gasteiger partial charge in [0.25, 0.3) is 8.53 Å². The fourth-order valence-corrected chi connectivity index (χ4v) is 8.75. The molecular weight excluding hydrogens is 739 g/mol. The molecule has 2 unspecified atom stereocenters. The molecule has 4 aromatic rings. The molecule has 0 radical (unpaired) electrons. The first kappa shape index (κ1) is 43.3. The minimum atomic E-state index is -1.61. The highest BCUT2D eigenvalue weighted by Crippen LogP contribution is 2.50. The first-order valence-electron chi connectivity index (χ1n) is 19.1. The Labute approximate surface area is 338 Å². The lowest BCUT2D eigenvalue weighted by molar-refractivity contribution is -0.0941. The topological polar surface area (TPSA) is 116 Å². The smallest absolute Gasteiger partial charge is 0.259 e. The first-order valence-corrected chi connectivity index (χ1v) is 20.2. The summed E-state index contributed by atoms with van der Waals surface area (Å²) >= 11 is 0. The zero-order valence-electron chi connectivity index (χ0n) is 33.7. The van der Waals surface area contributed by atoms with E-state index in [-0.39, 0.29) is 31.7 Å². The van der Waals surface area contributed by atoms with Crippen molar-refractivity contribution in [2.24, 2.45) is 0 Å². The highest BCUT2D eigenvalue weighted by Gasteiger charge is 2.45. The van der Waals surface area contributed by atoms with Gasteiger partial charge >= 0.3 is 0 Å². The number of nitriles is 1. The quantitative estimate of drug-likeness (QED) is 0.0366. The van der Waals surface area contributed by atoms with Gasteiger partial charge in [0.1, 0.15) is 23.2 Å². The van der Waals surface area contributed by atoms with Gasteiger partial charge < -0.3 is 28.0 Å². The molecule has 300 valence electrons. The van der Waals surface area contributed by atoms with E-state index >= 15 is 0 Å². The summed E-state index contributed by atoms with van der Waals surface area (Å²) in [7, 11) is 1.69. The normalized spacial score (nSPS) is 17.4. The van der Waals surface area contributed by atoms with Gasteiger partial charge in [0, 0.05) is 25.0 Å². The Kier molecular flexibility index (Phi) is 16.0. The third-order valence-electron chi connectivity index (χ3n) is 9.57. The average molecular weight is 793 g/mol. The van der Waals surface area contributed by atoms with Crippen LogP contribution in [0, 0.1) is 36.0 Å². The molecule has 5 rings (SSSR count). The summed E-state index contributed by atoms with van der Waals surface area (Å²) in [5.74, 6) is 6.77. The van der Waals surface area contributed by atoms with Gasteiger partial charge in [0.2, 0.25) is 0 Å². The standard InChI is InChI=1S/C44H53N6O6P/c1-9-26-48(27-10-2)30-38-31-49(47-46-38)43-29-41(56-57(54-28-14-25-45)50(33(3)4)34(5)6)42(55-43)32-53-44(35-15-12-11-13-16-35,36-17-21-39(51-7)22-18-36)37-19-23-40(52-8)24-20-37/h1-2,11-13,15-24,31,33-34,41-43H,14,26-30,32H2,3-8H3/t41?,42-,43-,57?/m1/s1. The van der Waals surface area contributed by atoms with Gasteiger partial charge in [0.05, 0.1) is 71.0 Å². The second-order valence-electron chi connectivity index (χ2n) is 14.1. The molecule has 1 saturated heterocycles. The molecule has 1 aliphatic heterocycles. The molecule has 0 saturated carbocycles. The van der Waals surface area contributed by atoms with Crippen LogP contribution in [0.3, 0.4) is 0 Å². The van der Waals surface area contributed by atoms with E-state index in [9.17, 15) is 5.26 Å². The van der Waals surface area contributed by atoms with E-state index in [2.05, 4.69) is 72.7 Å². The molecule has 57 heavy (non-hydrogen) atoms. The van der Waals surface area contributed by atoms with Crippen LogP contribution in [0.15, 0.2) is 85.1 Å². The largest absolute Gasteiger partial charge is 0.497 e. The molecule has 1 fully saturated rings. The van der Waals surface area contributed by atoms with Crippen LogP contribution in [0.1, 0.15) is 69.1 Å². The molecule has 0 spiro atoms. The third-order valence-corrected chi connectivity index (χ3v) is 11.7. The summed E-state index contributed by atoms with van der Waals surface area (Å²) in [5, 5.41) is 18.3. The van der Waals surface area contributed by atoms with E-state index in [1.165, 1.54) is 0 Å². The molecule has 0 amide bonds. The molecular formula is C44H53N6O6P. The minimum absolute atomic E-state index is 0.105. The van der Waals surface area contributed by atoms with Crippen molar-refractivity contribution in [1.29, 1.82) is 5.26 Å². The van der Waals surface area contributed by atoms with Gasteiger partial charge in [-0.25, -0.2) is 9.35 Å². The summed E-state index contributed by atoms with van der Waals surface area (Å²) < 4.78 is 42.5. The molecule has 4 atom stereocenters. The number of nitrogens with zero attached hydrogens (tertiary/aromatic N) is 6. The van der Waals surface area contributed by atoms with Crippen LogP contribution in [0.4, 0.5) is 0 Å². The van der Waals surface area contributed by atoms with E-state index in [1.54, 1.807) is 18.9 Å². The van der Waals surface area contributed by atoms with E-state index in [0.29, 0.717) is 31.7 Å². The summed E-state index contributed by atoms with van der Waals surface area (Å²) in [4.78, 5) is 1.94. The molecule has 13 heteroatoms. The Balaban J connectivity index is 1.55. The first-order chi connectivity index (χ1) is 27.7. The van der Waals surface area contributed by atoms with E-state index in [4.69, 9.17) is 40.8 Å². The zero-order chi connectivity index (χ0) is 40.8. The van der Waals surface area contributed by atoms with Crippen molar-refractivity contribution >= 4 is 8.53 Å². The highest BCUT2D eigenvalue weighted by atomic mass is 31.2. The second-order valence-corrected chi connectivity index (χ2v) is 15.5. The molecule has 1 aliphatic rings. The van der Waals surface area contributed by atoms with Crippen LogP contribution in [0.5, 0.6) is 11.5 Å². The van der Waals surface area contributed by atoms with Gasteiger partial charge in [-0.3, -0.25) is 4.90 Å². The van der Waals surface area contributed by atoms with Crippen molar-refractivity contribution in [3.63, 3.8) is 0 Å². The maximum Gasteiger partial charge on any atom is 0.259 e. The molecule has 3 aromatic carbocycles. The van der Waals surface area contributed by atoms with Gasteiger partial charge in [-0.05, 0) is 68.7 Å². The monoisotopic (exact) mass is 792 g/mol. The van der Waals surface area contributed by atoms with Crippen molar-refractivity contribution in [3.8, 4) is 42.3 Å². The predicted octanol–water partition coefficient (Wildman–Crippen LogP) is 7.32. The predicted molar refractivity (Wildman–Crippen MR) is 220 cm³/mol. The van der Waals surface area contributed by atoms with Gasteiger partial charge in [-0.2, -0.15) is 5.26 Å². The number of benzene rings is 3. The Hall–Kier alpha value is -4.80. The number of terminal acetylenes is 2. The maximum atomic E-state index is 9.36. The fourth-order valence-electron chi connectivity index (χ4n) is 7.00. The molecule has 0 aliphatic carbocycles. The van der Waals surface area contributed by atoms with Crippen molar-refractivity contribution in [1.82, 2.24) is 24.6 Å². The van der Waals surface area contributed by atoms with E-state index < -0.39 is 32.6 Å². The fraction of sp³-hybridized carbons (Fsp3) is 0.432. The minimum Gasteiger partial charge on any atom is -0.497 e. The molecule has 0 bridgehead atoms. The van der Waals surface area contributed by atoms with E-state index in [1.807, 2.05) is 77.8 Å².